The Morgan fingerprint density at radius 3 is 2.58 bits per heavy atom. The summed E-state index contributed by atoms with van der Waals surface area (Å²) in [6.07, 6.45) is 3.14. The summed E-state index contributed by atoms with van der Waals surface area (Å²) >= 11 is 1.82. The minimum absolute atomic E-state index is 0. The molecule has 0 saturated carbocycles. The summed E-state index contributed by atoms with van der Waals surface area (Å²) in [5.74, 6) is 1.90. The molecule has 1 heterocycles. The quantitative estimate of drug-likeness (QED) is 0.246. The van der Waals surface area contributed by atoms with E-state index in [2.05, 4.69) is 53.8 Å². The number of aryl methyl sites for hydroxylation is 1. The first-order valence-corrected chi connectivity index (χ1v) is 9.75. The zero-order valence-electron chi connectivity index (χ0n) is 15.9. The van der Waals surface area contributed by atoms with Crippen LogP contribution in [-0.4, -0.2) is 44.7 Å². The van der Waals surface area contributed by atoms with E-state index in [1.54, 1.807) is 7.11 Å². The van der Waals surface area contributed by atoms with Gasteiger partial charge in [0.15, 0.2) is 5.96 Å². The summed E-state index contributed by atoms with van der Waals surface area (Å²) in [6, 6.07) is 12.6. The number of likely N-dealkylation sites (N-methyl/N-ethyl adjacent to an activating group) is 1. The molecule has 2 aromatic rings. The Balaban J connectivity index is 0.00000338. The maximum atomic E-state index is 5.19. The molecule has 26 heavy (non-hydrogen) atoms. The summed E-state index contributed by atoms with van der Waals surface area (Å²) in [4.78, 5) is 8.41. The normalized spacial score (nSPS) is 11.0. The average molecular weight is 487 g/mol. The van der Waals surface area contributed by atoms with E-state index in [4.69, 9.17) is 9.73 Å². The van der Waals surface area contributed by atoms with E-state index in [1.165, 1.54) is 10.4 Å². The third-order valence-electron chi connectivity index (χ3n) is 4.01. The average Bonchev–Trinajstić information content (AvgIpc) is 3.16. The minimum atomic E-state index is 0. The van der Waals surface area contributed by atoms with E-state index in [0.29, 0.717) is 0 Å². The molecule has 0 amide bonds. The van der Waals surface area contributed by atoms with Gasteiger partial charge in [0.05, 0.1) is 7.11 Å². The number of halogens is 1. The fourth-order valence-corrected chi connectivity index (χ4v) is 3.27. The van der Waals surface area contributed by atoms with Crippen LogP contribution in [-0.2, 0) is 12.8 Å². The van der Waals surface area contributed by atoms with Gasteiger partial charge < -0.3 is 15.0 Å². The smallest absolute Gasteiger partial charge is 0.193 e. The van der Waals surface area contributed by atoms with Gasteiger partial charge in [-0.2, -0.15) is 0 Å². The topological polar surface area (TPSA) is 36.9 Å². The number of guanidine groups is 1. The van der Waals surface area contributed by atoms with Crippen molar-refractivity contribution < 1.29 is 4.74 Å². The lowest BCUT2D eigenvalue weighted by Gasteiger charge is -2.21. The van der Waals surface area contributed by atoms with E-state index in [-0.39, 0.29) is 24.0 Å². The van der Waals surface area contributed by atoms with Crippen LogP contribution in [0.4, 0.5) is 0 Å². The van der Waals surface area contributed by atoms with E-state index >= 15 is 0 Å². The zero-order valence-corrected chi connectivity index (χ0v) is 19.1. The third kappa shape index (κ3) is 7.95. The monoisotopic (exact) mass is 487 g/mol. The standard InChI is InChI=1S/C20H29N3OS.HI/c1-4-21-20(23(2)15-13-19-8-6-16-25-19)22-14-5-7-17-9-11-18(24-3)12-10-17;/h6,8-12,16H,4-5,7,13-15H2,1-3H3,(H,21,22);1H. The number of benzene rings is 1. The third-order valence-corrected chi connectivity index (χ3v) is 4.95. The van der Waals surface area contributed by atoms with Crippen LogP contribution in [0.2, 0.25) is 0 Å². The molecule has 0 aliphatic rings. The van der Waals surface area contributed by atoms with Crippen LogP contribution >= 0.6 is 35.3 Å². The van der Waals surface area contributed by atoms with Crippen LogP contribution < -0.4 is 10.1 Å². The molecule has 0 spiro atoms. The van der Waals surface area contributed by atoms with E-state index < -0.39 is 0 Å². The molecule has 0 aliphatic carbocycles. The van der Waals surface area contributed by atoms with Gasteiger partial charge in [0.1, 0.15) is 5.75 Å². The number of aliphatic imine (C=N–C) groups is 1. The molecule has 0 fully saturated rings. The molecule has 0 aliphatic heterocycles. The number of nitrogens with one attached hydrogen (secondary N) is 1. The first kappa shape index (κ1) is 22.8. The lowest BCUT2D eigenvalue weighted by molar-refractivity contribution is 0.414. The predicted molar refractivity (Wildman–Crippen MR) is 123 cm³/mol. The Hall–Kier alpha value is -1.28. The van der Waals surface area contributed by atoms with Crippen LogP contribution in [0.5, 0.6) is 5.75 Å². The van der Waals surface area contributed by atoms with Crippen molar-refractivity contribution in [2.45, 2.75) is 26.2 Å². The van der Waals surface area contributed by atoms with Gasteiger partial charge in [-0.3, -0.25) is 4.99 Å². The second-order valence-electron chi connectivity index (χ2n) is 5.94. The highest BCUT2D eigenvalue weighted by molar-refractivity contribution is 14.0. The van der Waals surface area contributed by atoms with Gasteiger partial charge in [-0.1, -0.05) is 18.2 Å². The summed E-state index contributed by atoms with van der Waals surface area (Å²) in [6.45, 7) is 4.81. The van der Waals surface area contributed by atoms with Gasteiger partial charge >= 0.3 is 0 Å². The van der Waals surface area contributed by atoms with E-state index in [9.17, 15) is 0 Å². The molecule has 4 nitrogen and oxygen atoms in total. The van der Waals surface area contributed by atoms with Crippen molar-refractivity contribution in [3.8, 4) is 5.75 Å². The Morgan fingerprint density at radius 2 is 1.96 bits per heavy atom. The maximum absolute atomic E-state index is 5.19. The van der Waals surface area contributed by atoms with Crippen LogP contribution in [0.15, 0.2) is 46.8 Å². The number of hydrogen-bond acceptors (Lipinski definition) is 3. The Bertz CT molecular complexity index is 629. The number of nitrogens with zero attached hydrogens (tertiary/aromatic N) is 2. The summed E-state index contributed by atoms with van der Waals surface area (Å²) < 4.78 is 5.19. The molecular weight excluding hydrogens is 457 g/mol. The first-order valence-electron chi connectivity index (χ1n) is 8.87. The molecule has 0 saturated heterocycles. The van der Waals surface area contributed by atoms with Gasteiger partial charge in [-0.15, -0.1) is 35.3 Å². The van der Waals surface area contributed by atoms with Crippen LogP contribution in [0.25, 0.3) is 0 Å². The van der Waals surface area contributed by atoms with Crippen molar-refractivity contribution >= 4 is 41.3 Å². The molecule has 6 heteroatoms. The van der Waals surface area contributed by atoms with Crippen molar-refractivity contribution in [1.29, 1.82) is 0 Å². The summed E-state index contributed by atoms with van der Waals surface area (Å²) in [5.41, 5.74) is 1.33. The van der Waals surface area contributed by atoms with Gasteiger partial charge in [-0.05, 0) is 55.3 Å². The van der Waals surface area contributed by atoms with E-state index in [1.807, 2.05) is 23.5 Å². The summed E-state index contributed by atoms with van der Waals surface area (Å²) in [7, 11) is 3.81. The number of thiophene rings is 1. The predicted octanol–water partition coefficient (Wildman–Crippen LogP) is 4.45. The van der Waals surface area contributed by atoms with Gasteiger partial charge in [0, 0.05) is 31.6 Å². The van der Waals surface area contributed by atoms with Crippen molar-refractivity contribution in [2.24, 2.45) is 4.99 Å². The molecule has 0 atom stereocenters. The van der Waals surface area contributed by atoms with Crippen LogP contribution in [0.1, 0.15) is 23.8 Å². The maximum Gasteiger partial charge on any atom is 0.193 e. The Labute approximate surface area is 178 Å². The minimum Gasteiger partial charge on any atom is -0.497 e. The molecule has 2 rings (SSSR count). The lowest BCUT2D eigenvalue weighted by atomic mass is 10.1. The van der Waals surface area contributed by atoms with Gasteiger partial charge in [0.2, 0.25) is 0 Å². The number of methoxy groups -OCH3 is 1. The Morgan fingerprint density at radius 1 is 1.19 bits per heavy atom. The Kier molecular flexibility index (Phi) is 11.4. The molecule has 0 radical (unpaired) electrons. The van der Waals surface area contributed by atoms with Gasteiger partial charge in [-0.25, -0.2) is 0 Å². The summed E-state index contributed by atoms with van der Waals surface area (Å²) in [5, 5.41) is 5.52. The largest absolute Gasteiger partial charge is 0.497 e. The van der Waals surface area contributed by atoms with Crippen molar-refractivity contribution in [3.05, 3.63) is 52.2 Å². The molecule has 144 valence electrons. The highest BCUT2D eigenvalue weighted by atomic mass is 127. The number of ether oxygens (including phenoxy) is 1. The van der Waals surface area contributed by atoms with E-state index in [0.717, 1.165) is 50.6 Å². The fourth-order valence-electron chi connectivity index (χ4n) is 2.57. The lowest BCUT2D eigenvalue weighted by Crippen LogP contribution is -2.40. The molecule has 0 unspecified atom stereocenters. The van der Waals surface area contributed by atoms with Crippen molar-refractivity contribution in [2.75, 3.05) is 33.8 Å². The second-order valence-corrected chi connectivity index (χ2v) is 6.97. The van der Waals surface area contributed by atoms with Crippen molar-refractivity contribution in [3.63, 3.8) is 0 Å². The second kappa shape index (κ2) is 13.0. The zero-order chi connectivity index (χ0) is 17.9. The molecule has 1 aromatic heterocycles. The fraction of sp³-hybridized carbons (Fsp3) is 0.450. The van der Waals surface area contributed by atoms with Gasteiger partial charge in [0.25, 0.3) is 0 Å². The highest BCUT2D eigenvalue weighted by Crippen LogP contribution is 2.12. The molecule has 0 bridgehead atoms. The SMILES string of the molecule is CCNC(=NCCCc1ccc(OC)cc1)N(C)CCc1cccs1.I. The van der Waals surface area contributed by atoms with Crippen LogP contribution in [0.3, 0.4) is 0 Å². The molecule has 1 aromatic carbocycles. The van der Waals surface area contributed by atoms with Crippen LogP contribution in [0, 0.1) is 0 Å². The highest BCUT2D eigenvalue weighted by Gasteiger charge is 2.06. The number of hydrogen-bond donors (Lipinski definition) is 1. The first-order chi connectivity index (χ1) is 12.2. The molecular formula is C20H30IN3OS. The van der Waals surface area contributed by atoms with Crippen molar-refractivity contribution in [1.82, 2.24) is 10.2 Å². The molecule has 1 N–H and O–H groups in total. The number of rotatable bonds is 9.